The van der Waals surface area contributed by atoms with Crippen molar-refractivity contribution in [1.82, 2.24) is 10.8 Å². The summed E-state index contributed by atoms with van der Waals surface area (Å²) in [5.74, 6) is -1.88. The lowest BCUT2D eigenvalue weighted by Gasteiger charge is -2.21. The van der Waals surface area contributed by atoms with Gasteiger partial charge in [0.05, 0.1) is 17.6 Å². The van der Waals surface area contributed by atoms with Crippen LogP contribution >= 0.6 is 0 Å². The fourth-order valence-corrected chi connectivity index (χ4v) is 2.23. The summed E-state index contributed by atoms with van der Waals surface area (Å²) in [5, 5.41) is 22.4. The number of carbonyl (C=O) groups is 2. The number of nitrogens with one attached hydrogen (secondary N) is 2. The molecule has 1 aromatic rings. The highest BCUT2D eigenvalue weighted by molar-refractivity contribution is 5.98. The van der Waals surface area contributed by atoms with Gasteiger partial charge in [0.25, 0.3) is 11.6 Å². The number of nitro groups is 1. The van der Waals surface area contributed by atoms with Gasteiger partial charge in [-0.25, -0.2) is 5.48 Å². The average molecular weight is 369 g/mol. The second kappa shape index (κ2) is 11.1. The highest BCUT2D eigenvalue weighted by Gasteiger charge is 2.24. The molecule has 0 saturated carbocycles. The largest absolute Gasteiger partial charge is 0.356 e. The van der Waals surface area contributed by atoms with Crippen LogP contribution in [0, 0.1) is 16.0 Å². The first-order chi connectivity index (χ1) is 12.4. The number of hydrogen-bond donors (Lipinski definition) is 3. The van der Waals surface area contributed by atoms with Crippen molar-refractivity contribution in [3.8, 4) is 0 Å². The highest BCUT2D eigenvalue weighted by Crippen LogP contribution is 2.18. The van der Waals surface area contributed by atoms with Crippen LogP contribution in [0.5, 0.6) is 0 Å². The molecule has 0 bridgehead atoms. The quantitative estimate of drug-likeness (QED) is 0.175. The molecular weight excluding hydrogens is 346 g/mol. The number of hydroxylamine groups is 1. The third-order valence-corrected chi connectivity index (χ3v) is 3.57. The molecule has 0 heterocycles. The number of hydrogen-bond acceptors (Lipinski definition) is 7. The summed E-state index contributed by atoms with van der Waals surface area (Å²) >= 11 is 0. The smallest absolute Gasteiger partial charge is 0.282 e. The van der Waals surface area contributed by atoms with Gasteiger partial charge >= 0.3 is 0 Å². The molecule has 10 heteroatoms. The van der Waals surface area contributed by atoms with Gasteiger partial charge in [-0.05, 0) is 19.4 Å². The van der Waals surface area contributed by atoms with E-state index in [9.17, 15) is 19.7 Å². The van der Waals surface area contributed by atoms with Crippen molar-refractivity contribution < 1.29 is 29.2 Å². The Hall–Kier alpha value is -2.56. The molecule has 0 spiro atoms. The monoisotopic (exact) mass is 369 g/mol. The molecule has 1 aromatic carbocycles. The van der Waals surface area contributed by atoms with Crippen LogP contribution in [0.4, 0.5) is 5.69 Å². The predicted octanol–water partition coefficient (Wildman–Crippen LogP) is 1.24. The van der Waals surface area contributed by atoms with Gasteiger partial charge < -0.3 is 14.8 Å². The van der Waals surface area contributed by atoms with E-state index in [1.54, 1.807) is 19.3 Å². The van der Waals surface area contributed by atoms with Crippen LogP contribution in [0.3, 0.4) is 0 Å². The molecule has 0 aliphatic carbocycles. The predicted molar refractivity (Wildman–Crippen MR) is 90.5 cm³/mol. The standard InChI is InChI=1S/C16H23N3O7/c1-3-25-10-26-9-12(8-11(2)15(20)18-22)17-16(21)13-6-4-5-7-14(13)19(23)24/h4-7,11-12,22H,3,8-10H2,1-2H3,(H,17,21)(H,18,20). The molecule has 0 aliphatic heterocycles. The summed E-state index contributed by atoms with van der Waals surface area (Å²) in [5.41, 5.74) is 1.14. The Kier molecular flexibility index (Phi) is 9.20. The number of amides is 2. The maximum Gasteiger partial charge on any atom is 0.282 e. The molecule has 2 atom stereocenters. The van der Waals surface area contributed by atoms with Crippen LogP contribution < -0.4 is 10.8 Å². The van der Waals surface area contributed by atoms with Crippen LogP contribution in [-0.2, 0) is 14.3 Å². The average Bonchev–Trinajstić information content (AvgIpc) is 2.64. The van der Waals surface area contributed by atoms with Crippen molar-refractivity contribution in [2.24, 2.45) is 5.92 Å². The summed E-state index contributed by atoms with van der Waals surface area (Å²) in [6.45, 7) is 3.87. The topological polar surface area (TPSA) is 140 Å². The molecular formula is C16H23N3O7. The Bertz CT molecular complexity index is 624. The molecule has 0 fully saturated rings. The third-order valence-electron chi connectivity index (χ3n) is 3.57. The lowest BCUT2D eigenvalue weighted by atomic mass is 10.0. The van der Waals surface area contributed by atoms with E-state index in [0.717, 1.165) is 0 Å². The van der Waals surface area contributed by atoms with Gasteiger partial charge in [0.2, 0.25) is 5.91 Å². The minimum atomic E-state index is -0.654. The minimum absolute atomic E-state index is 0.00886. The van der Waals surface area contributed by atoms with E-state index < -0.39 is 28.7 Å². The zero-order chi connectivity index (χ0) is 19.5. The Balaban J connectivity index is 2.84. The third kappa shape index (κ3) is 6.75. The second-order valence-electron chi connectivity index (χ2n) is 5.54. The molecule has 10 nitrogen and oxygen atoms in total. The highest BCUT2D eigenvalue weighted by atomic mass is 16.7. The number of benzene rings is 1. The Labute approximate surface area is 150 Å². The van der Waals surface area contributed by atoms with Crippen molar-refractivity contribution >= 4 is 17.5 Å². The molecule has 0 radical (unpaired) electrons. The van der Waals surface area contributed by atoms with E-state index in [0.29, 0.717) is 6.61 Å². The Morgan fingerprint density at radius 3 is 2.62 bits per heavy atom. The minimum Gasteiger partial charge on any atom is -0.356 e. The summed E-state index contributed by atoms with van der Waals surface area (Å²) in [6.07, 6.45) is 0.158. The number of nitro benzene ring substituents is 1. The maximum atomic E-state index is 12.4. The van der Waals surface area contributed by atoms with Crippen molar-refractivity contribution in [2.45, 2.75) is 26.3 Å². The molecule has 26 heavy (non-hydrogen) atoms. The van der Waals surface area contributed by atoms with E-state index in [1.807, 2.05) is 0 Å². The first-order valence-corrected chi connectivity index (χ1v) is 8.04. The van der Waals surface area contributed by atoms with Gasteiger partial charge in [0.15, 0.2) is 0 Å². The SMILES string of the molecule is CCOCOCC(CC(C)C(=O)NO)NC(=O)c1ccccc1[N+](=O)[O-]. The van der Waals surface area contributed by atoms with Gasteiger partial charge in [-0.15, -0.1) is 0 Å². The fourth-order valence-electron chi connectivity index (χ4n) is 2.23. The Morgan fingerprint density at radius 1 is 1.31 bits per heavy atom. The van der Waals surface area contributed by atoms with Crippen molar-refractivity contribution in [3.63, 3.8) is 0 Å². The first kappa shape index (κ1) is 21.5. The number of nitrogens with zero attached hydrogens (tertiary/aromatic N) is 1. The molecule has 3 N–H and O–H groups in total. The number of para-hydroxylation sites is 1. The molecule has 0 aliphatic rings. The fraction of sp³-hybridized carbons (Fsp3) is 0.500. The lowest BCUT2D eigenvalue weighted by Crippen LogP contribution is -2.41. The summed E-state index contributed by atoms with van der Waals surface area (Å²) in [7, 11) is 0. The summed E-state index contributed by atoms with van der Waals surface area (Å²) in [4.78, 5) is 34.4. The summed E-state index contributed by atoms with van der Waals surface area (Å²) in [6, 6.07) is 4.94. The van der Waals surface area contributed by atoms with Crippen molar-refractivity contribution in [1.29, 1.82) is 0 Å². The van der Waals surface area contributed by atoms with Crippen molar-refractivity contribution in [2.75, 3.05) is 20.0 Å². The van der Waals surface area contributed by atoms with Gasteiger partial charge in [-0.2, -0.15) is 0 Å². The van der Waals surface area contributed by atoms with Crippen LogP contribution in [0.15, 0.2) is 24.3 Å². The van der Waals surface area contributed by atoms with Crippen LogP contribution in [0.25, 0.3) is 0 Å². The van der Waals surface area contributed by atoms with Crippen LogP contribution in [-0.4, -0.2) is 48.0 Å². The normalized spacial score (nSPS) is 12.9. The van der Waals surface area contributed by atoms with Crippen molar-refractivity contribution in [3.05, 3.63) is 39.9 Å². The van der Waals surface area contributed by atoms with E-state index in [2.05, 4.69) is 5.32 Å². The molecule has 1 rings (SSSR count). The molecule has 144 valence electrons. The summed E-state index contributed by atoms with van der Waals surface area (Å²) < 4.78 is 10.4. The zero-order valence-electron chi connectivity index (χ0n) is 14.6. The molecule has 0 saturated heterocycles. The van der Waals surface area contributed by atoms with E-state index >= 15 is 0 Å². The molecule has 0 aromatic heterocycles. The molecule has 2 unspecified atom stereocenters. The van der Waals surface area contributed by atoms with Crippen LogP contribution in [0.1, 0.15) is 30.6 Å². The number of ether oxygens (including phenoxy) is 2. The van der Waals surface area contributed by atoms with E-state index in [-0.39, 0.29) is 31.1 Å². The number of rotatable bonds is 11. The first-order valence-electron chi connectivity index (χ1n) is 8.04. The van der Waals surface area contributed by atoms with E-state index in [1.165, 1.54) is 24.3 Å². The van der Waals surface area contributed by atoms with Gasteiger partial charge in [0, 0.05) is 18.6 Å². The molecule has 2 amide bonds. The van der Waals surface area contributed by atoms with Gasteiger partial charge in [0.1, 0.15) is 12.4 Å². The Morgan fingerprint density at radius 2 is 2.00 bits per heavy atom. The second-order valence-corrected chi connectivity index (χ2v) is 5.54. The van der Waals surface area contributed by atoms with E-state index in [4.69, 9.17) is 14.7 Å². The van der Waals surface area contributed by atoms with Gasteiger partial charge in [-0.1, -0.05) is 19.1 Å². The number of carbonyl (C=O) groups excluding carboxylic acids is 2. The van der Waals surface area contributed by atoms with Gasteiger partial charge in [-0.3, -0.25) is 24.9 Å². The lowest BCUT2D eigenvalue weighted by molar-refractivity contribution is -0.385. The zero-order valence-corrected chi connectivity index (χ0v) is 14.6. The maximum absolute atomic E-state index is 12.4. The van der Waals surface area contributed by atoms with Crippen LogP contribution in [0.2, 0.25) is 0 Å².